The summed E-state index contributed by atoms with van der Waals surface area (Å²) in [6.07, 6.45) is 28.4. The first-order chi connectivity index (χ1) is 20.8. The molecule has 0 aromatic carbocycles. The van der Waals surface area contributed by atoms with Crippen molar-refractivity contribution >= 4 is 6.29 Å². The molecule has 0 aromatic heterocycles. The number of unbranched alkanes of at least 4 members (excludes halogenated alkanes) is 4. The van der Waals surface area contributed by atoms with Crippen LogP contribution >= 0.6 is 0 Å². The Bertz CT molecular complexity index is 767. The van der Waals surface area contributed by atoms with Gasteiger partial charge in [0, 0.05) is 38.6 Å². The molecule has 3 unspecified atom stereocenters. The third-order valence-corrected chi connectivity index (χ3v) is 9.17. The average molecular weight is 591 g/mol. The molecule has 42 heavy (non-hydrogen) atoms. The highest BCUT2D eigenvalue weighted by Gasteiger charge is 2.45. The summed E-state index contributed by atoms with van der Waals surface area (Å²) in [5, 5.41) is 0. The molecule has 4 rings (SSSR count). The zero-order chi connectivity index (χ0) is 29.2. The van der Waals surface area contributed by atoms with Crippen LogP contribution in [0.1, 0.15) is 122 Å². The third-order valence-electron chi connectivity index (χ3n) is 9.17. The van der Waals surface area contributed by atoms with Crippen LogP contribution in [-0.4, -0.2) is 63.3 Å². The van der Waals surface area contributed by atoms with Crippen LogP contribution in [0, 0.1) is 11.8 Å². The largest absolute Gasteiger partial charge is 0.353 e. The van der Waals surface area contributed by atoms with Crippen LogP contribution in [0.25, 0.3) is 0 Å². The number of carbonyl (C=O) groups excluding carboxylic acids is 1. The van der Waals surface area contributed by atoms with E-state index in [0.717, 1.165) is 116 Å². The van der Waals surface area contributed by atoms with Crippen LogP contribution in [0.2, 0.25) is 0 Å². The first kappa shape index (κ1) is 33.8. The van der Waals surface area contributed by atoms with Gasteiger partial charge in [0.2, 0.25) is 0 Å². The predicted molar refractivity (Wildman–Crippen MR) is 164 cm³/mol. The standard InChI is InChI=1S/C35H58O7/c1-2-3-7-16-28(40-33-18-9-13-24-37-33)21-22-30-29(17-8-5-4-6-12-23-36)31(41-34-19-10-14-25-38-34)27-32(30)42-35-20-11-15-26-39-35/h5,8,21-23,28-35H,2-4,6-7,9-20,24-27H2,1H3/t28-,29+,30+,31-,32+,33?,34?,35?/m0/s1. The normalized spacial score (nSPS) is 33.4. The number of hydrogen-bond acceptors (Lipinski definition) is 7. The highest BCUT2D eigenvalue weighted by atomic mass is 16.7. The van der Waals surface area contributed by atoms with Gasteiger partial charge in [0.25, 0.3) is 0 Å². The summed E-state index contributed by atoms with van der Waals surface area (Å²) in [6.45, 7) is 4.59. The van der Waals surface area contributed by atoms with Crippen LogP contribution in [0.3, 0.4) is 0 Å². The lowest BCUT2D eigenvalue weighted by Gasteiger charge is -2.30. The molecule has 7 nitrogen and oxygen atoms in total. The third kappa shape index (κ3) is 11.8. The van der Waals surface area contributed by atoms with Gasteiger partial charge in [0.05, 0.1) is 18.3 Å². The molecular weight excluding hydrogens is 532 g/mol. The van der Waals surface area contributed by atoms with Crippen LogP contribution in [-0.2, 0) is 33.2 Å². The van der Waals surface area contributed by atoms with E-state index in [9.17, 15) is 4.79 Å². The molecule has 4 aliphatic rings. The van der Waals surface area contributed by atoms with E-state index in [-0.39, 0.29) is 49.0 Å². The first-order valence-corrected chi connectivity index (χ1v) is 17.3. The Morgan fingerprint density at radius 1 is 0.762 bits per heavy atom. The molecule has 1 aliphatic carbocycles. The number of rotatable bonds is 18. The van der Waals surface area contributed by atoms with Gasteiger partial charge in [-0.3, -0.25) is 0 Å². The van der Waals surface area contributed by atoms with Gasteiger partial charge in [0.1, 0.15) is 6.29 Å². The number of aldehydes is 1. The molecule has 0 aromatic rings. The molecule has 3 saturated heterocycles. The van der Waals surface area contributed by atoms with Crippen molar-refractivity contribution in [3.05, 3.63) is 24.3 Å². The fourth-order valence-corrected chi connectivity index (χ4v) is 6.75. The van der Waals surface area contributed by atoms with Gasteiger partial charge in [-0.2, -0.15) is 0 Å². The van der Waals surface area contributed by atoms with Crippen molar-refractivity contribution in [2.24, 2.45) is 11.8 Å². The molecule has 0 radical (unpaired) electrons. The SMILES string of the molecule is CCCCC[C@@H](C=C[C@@H]1[C@@H](CC=CCCCC=O)[C@@H](OC2CCCCO2)C[C@H]1OC1CCCCO1)OC1CCCCO1. The maximum Gasteiger partial charge on any atom is 0.158 e. The average Bonchev–Trinajstić information content (AvgIpc) is 3.33. The van der Waals surface area contributed by atoms with Crippen molar-refractivity contribution in [2.45, 2.75) is 160 Å². The lowest BCUT2D eigenvalue weighted by molar-refractivity contribution is -0.203. The van der Waals surface area contributed by atoms with Gasteiger partial charge in [-0.25, -0.2) is 0 Å². The van der Waals surface area contributed by atoms with E-state index in [1.165, 1.54) is 19.3 Å². The van der Waals surface area contributed by atoms with E-state index < -0.39 is 0 Å². The molecule has 3 aliphatic heterocycles. The molecule has 0 amide bonds. The minimum absolute atomic E-state index is 0.0219. The lowest BCUT2D eigenvalue weighted by Crippen LogP contribution is -2.31. The molecule has 1 saturated carbocycles. The van der Waals surface area contributed by atoms with E-state index in [2.05, 4.69) is 31.2 Å². The van der Waals surface area contributed by atoms with E-state index >= 15 is 0 Å². The molecule has 240 valence electrons. The smallest absolute Gasteiger partial charge is 0.158 e. The minimum atomic E-state index is -0.142. The molecule has 8 atom stereocenters. The topological polar surface area (TPSA) is 72.5 Å². The Labute approximate surface area is 255 Å². The highest BCUT2D eigenvalue weighted by molar-refractivity contribution is 5.49. The van der Waals surface area contributed by atoms with E-state index in [1.807, 2.05) is 0 Å². The zero-order valence-electron chi connectivity index (χ0n) is 26.2. The van der Waals surface area contributed by atoms with Crippen molar-refractivity contribution in [1.29, 1.82) is 0 Å². The van der Waals surface area contributed by atoms with Gasteiger partial charge in [-0.05, 0) is 89.4 Å². The summed E-state index contributed by atoms with van der Waals surface area (Å²) in [5.41, 5.74) is 0. The lowest BCUT2D eigenvalue weighted by atomic mass is 9.89. The van der Waals surface area contributed by atoms with E-state index in [4.69, 9.17) is 28.4 Å². The quantitative estimate of drug-likeness (QED) is 0.0916. The van der Waals surface area contributed by atoms with Gasteiger partial charge in [-0.1, -0.05) is 50.5 Å². The molecule has 4 fully saturated rings. The highest BCUT2D eigenvalue weighted by Crippen LogP contribution is 2.42. The maximum atomic E-state index is 10.8. The van der Waals surface area contributed by atoms with Crippen LogP contribution in [0.15, 0.2) is 24.3 Å². The molecule has 7 heteroatoms. The van der Waals surface area contributed by atoms with Crippen molar-refractivity contribution < 1.29 is 33.2 Å². The van der Waals surface area contributed by atoms with Gasteiger partial charge in [-0.15, -0.1) is 0 Å². The summed E-state index contributed by atoms with van der Waals surface area (Å²) in [4.78, 5) is 10.8. The predicted octanol–water partition coefficient (Wildman–Crippen LogP) is 7.81. The molecular formula is C35H58O7. The van der Waals surface area contributed by atoms with E-state index in [0.29, 0.717) is 6.42 Å². The maximum absolute atomic E-state index is 10.8. The second-order valence-corrected chi connectivity index (χ2v) is 12.6. The number of carbonyl (C=O) groups is 1. The Kier molecular flexibility index (Phi) is 16.1. The van der Waals surface area contributed by atoms with Gasteiger partial charge in [0.15, 0.2) is 18.9 Å². The monoisotopic (exact) mass is 590 g/mol. The van der Waals surface area contributed by atoms with Crippen molar-refractivity contribution in [1.82, 2.24) is 0 Å². The minimum Gasteiger partial charge on any atom is -0.353 e. The number of allylic oxidation sites excluding steroid dienone is 2. The molecule has 0 bridgehead atoms. The van der Waals surface area contributed by atoms with Gasteiger partial charge < -0.3 is 33.2 Å². The van der Waals surface area contributed by atoms with Crippen molar-refractivity contribution in [3.8, 4) is 0 Å². The van der Waals surface area contributed by atoms with Crippen LogP contribution in [0.5, 0.6) is 0 Å². The molecule has 3 heterocycles. The Morgan fingerprint density at radius 2 is 1.43 bits per heavy atom. The fraction of sp³-hybridized carbons (Fsp3) is 0.857. The Hall–Kier alpha value is -1.09. The van der Waals surface area contributed by atoms with Crippen molar-refractivity contribution in [3.63, 3.8) is 0 Å². The fourth-order valence-electron chi connectivity index (χ4n) is 6.75. The summed E-state index contributed by atoms with van der Waals surface area (Å²) >= 11 is 0. The second kappa shape index (κ2) is 20.0. The summed E-state index contributed by atoms with van der Waals surface area (Å²) in [6, 6.07) is 0. The second-order valence-electron chi connectivity index (χ2n) is 12.6. The first-order valence-electron chi connectivity index (χ1n) is 17.3. The zero-order valence-corrected chi connectivity index (χ0v) is 26.2. The number of hydrogen-bond donors (Lipinski definition) is 0. The Morgan fingerprint density at radius 3 is 2.05 bits per heavy atom. The van der Waals surface area contributed by atoms with Gasteiger partial charge >= 0.3 is 0 Å². The van der Waals surface area contributed by atoms with Crippen LogP contribution in [0.4, 0.5) is 0 Å². The summed E-state index contributed by atoms with van der Waals surface area (Å²) in [7, 11) is 0. The molecule has 0 spiro atoms. The Balaban J connectivity index is 1.51. The molecule has 0 N–H and O–H groups in total. The van der Waals surface area contributed by atoms with Crippen LogP contribution < -0.4 is 0 Å². The van der Waals surface area contributed by atoms with E-state index in [1.54, 1.807) is 0 Å². The summed E-state index contributed by atoms with van der Waals surface area (Å²) < 4.78 is 38.0. The summed E-state index contributed by atoms with van der Waals surface area (Å²) in [5.74, 6) is 0.457. The van der Waals surface area contributed by atoms with Crippen molar-refractivity contribution in [2.75, 3.05) is 19.8 Å². The number of ether oxygens (including phenoxy) is 6.